The van der Waals surface area contributed by atoms with Crippen molar-refractivity contribution in [2.75, 3.05) is 20.6 Å². The van der Waals surface area contributed by atoms with Gasteiger partial charge < -0.3 is 16.9 Å². The van der Waals surface area contributed by atoms with Crippen LogP contribution >= 0.6 is 0 Å². The molecule has 0 aliphatic carbocycles. The Labute approximate surface area is 241 Å². The van der Waals surface area contributed by atoms with E-state index in [1.54, 1.807) is 0 Å². The molecule has 0 aliphatic heterocycles. The van der Waals surface area contributed by atoms with Gasteiger partial charge in [0.25, 0.3) is 0 Å². The van der Waals surface area contributed by atoms with E-state index in [2.05, 4.69) is 58.3 Å². The predicted molar refractivity (Wildman–Crippen MR) is 154 cm³/mol. The molecule has 194 valence electrons. The fraction of sp³-hybridized carbons (Fsp3) is 0.594. The van der Waals surface area contributed by atoms with Crippen molar-refractivity contribution in [2.24, 2.45) is 0 Å². The standard InChI is InChI=1S/C25H46N.C7H7.ClH.Mg/c1-4-5-6-7-8-9-10-11-12-13-14-15-16-20-23-26(2,3)24-25-21-18-17-19-22-25;1-7-5-3-2-4-6-7;;/h17-19,21-22H,4-16,20,23-24H2,1-3H3;2-6H,1H2;1H;/q+1;-1;;+2/p-1. The van der Waals surface area contributed by atoms with Crippen molar-refractivity contribution in [3.05, 3.63) is 78.7 Å². The van der Waals surface area contributed by atoms with Crippen LogP contribution in [0.5, 0.6) is 0 Å². The van der Waals surface area contributed by atoms with Gasteiger partial charge in [0.1, 0.15) is 6.54 Å². The summed E-state index contributed by atoms with van der Waals surface area (Å²) in [6.07, 6.45) is 20.2. The summed E-state index contributed by atoms with van der Waals surface area (Å²) in [5, 5.41) is 0. The Bertz CT molecular complexity index is 660. The van der Waals surface area contributed by atoms with Gasteiger partial charge in [0.05, 0.1) is 20.6 Å². The fourth-order valence-corrected chi connectivity index (χ4v) is 4.37. The van der Waals surface area contributed by atoms with Crippen molar-refractivity contribution >= 4 is 23.1 Å². The Kier molecular flexibility index (Phi) is 26.1. The van der Waals surface area contributed by atoms with Gasteiger partial charge in [-0.1, -0.05) is 120 Å². The van der Waals surface area contributed by atoms with Gasteiger partial charge >= 0.3 is 23.1 Å². The van der Waals surface area contributed by atoms with Gasteiger partial charge in [0, 0.05) is 5.56 Å². The molecule has 0 fully saturated rings. The second-order valence-corrected chi connectivity index (χ2v) is 10.4. The summed E-state index contributed by atoms with van der Waals surface area (Å²) in [6.45, 7) is 8.47. The van der Waals surface area contributed by atoms with Crippen molar-refractivity contribution in [2.45, 2.75) is 103 Å². The van der Waals surface area contributed by atoms with E-state index in [-0.39, 0.29) is 35.5 Å². The Hall–Kier alpha value is -0.674. The molecule has 0 atom stereocenters. The maximum absolute atomic E-state index is 3.72. The fourth-order valence-electron chi connectivity index (χ4n) is 4.37. The zero-order chi connectivity index (χ0) is 24.0. The second-order valence-electron chi connectivity index (χ2n) is 10.4. The number of unbranched alkanes of at least 4 members (excludes halogenated alkanes) is 13. The zero-order valence-corrected chi connectivity index (χ0v) is 25.5. The van der Waals surface area contributed by atoms with E-state index >= 15 is 0 Å². The van der Waals surface area contributed by atoms with Gasteiger partial charge in [-0.05, 0) is 12.8 Å². The summed E-state index contributed by atoms with van der Waals surface area (Å²) in [6, 6.07) is 20.8. The van der Waals surface area contributed by atoms with E-state index in [1.165, 1.54) is 102 Å². The quantitative estimate of drug-likeness (QED) is 0.102. The molecule has 2 aromatic rings. The van der Waals surface area contributed by atoms with Crippen LogP contribution in [0.4, 0.5) is 0 Å². The van der Waals surface area contributed by atoms with E-state index in [1.807, 2.05) is 30.3 Å². The first-order valence-electron chi connectivity index (χ1n) is 13.8. The van der Waals surface area contributed by atoms with Crippen molar-refractivity contribution in [1.82, 2.24) is 0 Å². The molecule has 0 aromatic heterocycles. The van der Waals surface area contributed by atoms with E-state index < -0.39 is 0 Å². The van der Waals surface area contributed by atoms with Crippen LogP contribution in [0.25, 0.3) is 0 Å². The maximum atomic E-state index is 3.72. The minimum atomic E-state index is 0. The molecule has 0 aliphatic rings. The summed E-state index contributed by atoms with van der Waals surface area (Å²) in [7, 11) is 4.74. The van der Waals surface area contributed by atoms with Crippen LogP contribution < -0.4 is 12.4 Å². The summed E-state index contributed by atoms with van der Waals surface area (Å²) in [5.74, 6) is 0. The Morgan fingerprint density at radius 1 is 0.571 bits per heavy atom. The molecule has 0 saturated carbocycles. The van der Waals surface area contributed by atoms with Crippen LogP contribution in [0.3, 0.4) is 0 Å². The number of benzene rings is 2. The van der Waals surface area contributed by atoms with Crippen LogP contribution in [0.15, 0.2) is 60.7 Å². The Morgan fingerprint density at radius 3 is 1.31 bits per heavy atom. The van der Waals surface area contributed by atoms with Gasteiger partial charge in [0.2, 0.25) is 0 Å². The molecule has 0 heterocycles. The van der Waals surface area contributed by atoms with Crippen LogP contribution in [-0.4, -0.2) is 48.2 Å². The smallest absolute Gasteiger partial charge is 1.00 e. The van der Waals surface area contributed by atoms with Gasteiger partial charge in [-0.2, -0.15) is 24.6 Å². The minimum Gasteiger partial charge on any atom is -1.00 e. The first-order valence-corrected chi connectivity index (χ1v) is 13.8. The Balaban J connectivity index is 0. The van der Waals surface area contributed by atoms with Gasteiger partial charge in [-0.3, -0.25) is 0 Å². The third kappa shape index (κ3) is 23.5. The molecular formula is C32H53ClMgN+. The summed E-state index contributed by atoms with van der Waals surface area (Å²) in [5.41, 5.74) is 2.53. The molecule has 0 unspecified atom stereocenters. The third-order valence-corrected chi connectivity index (χ3v) is 6.41. The molecule has 3 heteroatoms. The van der Waals surface area contributed by atoms with Crippen LogP contribution in [0.2, 0.25) is 0 Å². The van der Waals surface area contributed by atoms with E-state index in [0.29, 0.717) is 0 Å². The third-order valence-electron chi connectivity index (χ3n) is 6.41. The molecule has 0 N–H and O–H groups in total. The van der Waals surface area contributed by atoms with Crippen LogP contribution in [-0.2, 0) is 6.54 Å². The number of nitrogens with zero attached hydrogens (tertiary/aromatic N) is 1. The number of quaternary nitrogens is 1. The van der Waals surface area contributed by atoms with Crippen molar-refractivity contribution in [3.8, 4) is 0 Å². The van der Waals surface area contributed by atoms with Gasteiger partial charge in [-0.25, -0.2) is 0 Å². The second kappa shape index (κ2) is 25.0. The van der Waals surface area contributed by atoms with Gasteiger partial charge in [0.15, 0.2) is 0 Å². The number of halogens is 1. The molecule has 2 rings (SSSR count). The van der Waals surface area contributed by atoms with E-state index in [4.69, 9.17) is 0 Å². The topological polar surface area (TPSA) is 0 Å². The molecule has 0 radical (unpaired) electrons. The SMILES string of the molecule is CCCCCCCCCCCCCCCC[N+](C)(C)Cc1ccccc1.[CH2-]c1ccccc1.[Cl-].[Mg+2]. The average Bonchev–Trinajstić information content (AvgIpc) is 2.80. The zero-order valence-electron chi connectivity index (χ0n) is 23.3. The summed E-state index contributed by atoms with van der Waals surface area (Å²) < 4.78 is 1.11. The van der Waals surface area contributed by atoms with Crippen molar-refractivity contribution < 1.29 is 16.9 Å². The molecule has 0 spiro atoms. The molecular weight excluding hydrogens is 458 g/mol. The number of hydrogen-bond donors (Lipinski definition) is 0. The maximum Gasteiger partial charge on any atom is 2.00 e. The van der Waals surface area contributed by atoms with E-state index in [9.17, 15) is 0 Å². The van der Waals surface area contributed by atoms with Crippen LogP contribution in [0, 0.1) is 6.92 Å². The van der Waals surface area contributed by atoms with Gasteiger partial charge in [-0.15, -0.1) is 12.1 Å². The number of hydrogen-bond acceptors (Lipinski definition) is 0. The number of rotatable bonds is 17. The Morgan fingerprint density at radius 2 is 0.943 bits per heavy atom. The average molecular weight is 512 g/mol. The summed E-state index contributed by atoms with van der Waals surface area (Å²) in [4.78, 5) is 0. The molecule has 0 saturated heterocycles. The monoisotopic (exact) mass is 510 g/mol. The first kappa shape index (κ1) is 36.5. The minimum absolute atomic E-state index is 0. The largest absolute Gasteiger partial charge is 2.00 e. The molecule has 2 aromatic carbocycles. The van der Waals surface area contributed by atoms with Crippen molar-refractivity contribution in [3.63, 3.8) is 0 Å². The normalized spacial score (nSPS) is 10.5. The predicted octanol–water partition coefficient (Wildman–Crippen LogP) is 6.24. The summed E-state index contributed by atoms with van der Waals surface area (Å²) >= 11 is 0. The molecule has 0 amide bonds. The van der Waals surface area contributed by atoms with E-state index in [0.717, 1.165) is 16.6 Å². The first-order chi connectivity index (χ1) is 16.0. The molecule has 35 heavy (non-hydrogen) atoms. The molecule has 1 nitrogen and oxygen atoms in total. The van der Waals surface area contributed by atoms with Crippen LogP contribution in [0.1, 0.15) is 108 Å². The molecule has 0 bridgehead atoms. The van der Waals surface area contributed by atoms with Crippen molar-refractivity contribution in [1.29, 1.82) is 0 Å².